The van der Waals surface area contributed by atoms with Crippen LogP contribution in [-0.2, 0) is 0 Å². The smallest absolute Gasteiger partial charge is 0.124 e. The zero-order chi connectivity index (χ0) is 13.4. The fourth-order valence-corrected chi connectivity index (χ4v) is 3.79. The summed E-state index contributed by atoms with van der Waals surface area (Å²) in [6.07, 6.45) is 6.46. The van der Waals surface area contributed by atoms with Crippen LogP contribution in [0.2, 0.25) is 5.02 Å². The molecule has 0 amide bonds. The Morgan fingerprint density at radius 1 is 1.26 bits per heavy atom. The van der Waals surface area contributed by atoms with Crippen LogP contribution < -0.4 is 10.5 Å². The lowest BCUT2D eigenvalue weighted by Crippen LogP contribution is -2.37. The van der Waals surface area contributed by atoms with E-state index in [9.17, 15) is 0 Å². The number of hydrogen-bond donors (Lipinski definition) is 1. The number of benzene rings is 1. The Hall–Kier alpha value is -0.730. The molecule has 1 aromatic carbocycles. The molecule has 3 heteroatoms. The first-order valence-corrected chi connectivity index (χ1v) is 7.73. The number of hydrogen-bond acceptors (Lipinski definition) is 2. The molecular weight excluding hydrogens is 258 g/mol. The number of fused-ring (bicyclic) bond motifs is 1. The van der Waals surface area contributed by atoms with Gasteiger partial charge < -0.3 is 10.5 Å². The van der Waals surface area contributed by atoms with Crippen molar-refractivity contribution in [2.24, 2.45) is 17.6 Å². The molecule has 4 atom stereocenters. The van der Waals surface area contributed by atoms with Gasteiger partial charge in [-0.3, -0.25) is 0 Å². The lowest BCUT2D eigenvalue weighted by atomic mass is 9.77. The summed E-state index contributed by atoms with van der Waals surface area (Å²) in [7, 11) is 0. The van der Waals surface area contributed by atoms with E-state index in [1.807, 2.05) is 18.2 Å². The third-order valence-corrected chi connectivity index (χ3v) is 4.87. The summed E-state index contributed by atoms with van der Waals surface area (Å²) in [6.45, 7) is 2.35. The first kappa shape index (κ1) is 13.3. The van der Waals surface area contributed by atoms with Crippen LogP contribution in [-0.4, -0.2) is 6.10 Å². The van der Waals surface area contributed by atoms with Crippen LogP contribution in [0.3, 0.4) is 0 Å². The molecule has 1 fully saturated rings. The van der Waals surface area contributed by atoms with Crippen LogP contribution in [0, 0.1) is 11.8 Å². The number of halogens is 1. The van der Waals surface area contributed by atoms with E-state index in [1.165, 1.54) is 25.7 Å². The Bertz CT molecular complexity index is 462. The summed E-state index contributed by atoms with van der Waals surface area (Å²) >= 11 is 6.04. The minimum atomic E-state index is 0.0599. The van der Waals surface area contributed by atoms with Gasteiger partial charge in [0.25, 0.3) is 0 Å². The Kier molecular flexibility index (Phi) is 3.72. The van der Waals surface area contributed by atoms with Crippen molar-refractivity contribution in [3.63, 3.8) is 0 Å². The number of ether oxygens (including phenoxy) is 1. The molecule has 1 heterocycles. The molecule has 0 aromatic heterocycles. The summed E-state index contributed by atoms with van der Waals surface area (Å²) in [6, 6.07) is 5.86. The normalized spacial score (nSPS) is 34.5. The molecule has 0 saturated heterocycles. The minimum Gasteiger partial charge on any atom is -0.490 e. The standard InChI is InChI=1S/C16H22ClNO/c1-10-3-2-4-11(7-10)16-9-14(18)13-8-12(17)5-6-15(13)19-16/h5-6,8,10-11,14,16H,2-4,7,9,18H2,1H3/t10?,11?,14-,16?/m1/s1. The quantitative estimate of drug-likeness (QED) is 0.831. The highest BCUT2D eigenvalue weighted by molar-refractivity contribution is 6.30. The van der Waals surface area contributed by atoms with Crippen molar-refractivity contribution in [3.05, 3.63) is 28.8 Å². The van der Waals surface area contributed by atoms with E-state index >= 15 is 0 Å². The van der Waals surface area contributed by atoms with Crippen molar-refractivity contribution in [3.8, 4) is 5.75 Å². The molecule has 19 heavy (non-hydrogen) atoms. The largest absolute Gasteiger partial charge is 0.490 e. The lowest BCUT2D eigenvalue weighted by Gasteiger charge is -2.38. The maximum Gasteiger partial charge on any atom is 0.124 e. The third-order valence-electron chi connectivity index (χ3n) is 4.64. The second-order valence-corrected chi connectivity index (χ2v) is 6.65. The van der Waals surface area contributed by atoms with Crippen LogP contribution >= 0.6 is 11.6 Å². The highest BCUT2D eigenvalue weighted by Gasteiger charge is 2.33. The second kappa shape index (κ2) is 5.34. The predicted molar refractivity (Wildman–Crippen MR) is 78.5 cm³/mol. The van der Waals surface area contributed by atoms with E-state index in [0.717, 1.165) is 28.7 Å². The van der Waals surface area contributed by atoms with Gasteiger partial charge in [0.2, 0.25) is 0 Å². The SMILES string of the molecule is CC1CCCC(C2C[C@@H](N)c3cc(Cl)ccc3O2)C1. The molecular formula is C16H22ClNO. The molecule has 0 spiro atoms. The van der Waals surface area contributed by atoms with Crippen LogP contribution in [0.5, 0.6) is 5.75 Å². The zero-order valence-electron chi connectivity index (χ0n) is 11.4. The summed E-state index contributed by atoms with van der Waals surface area (Å²) in [4.78, 5) is 0. The van der Waals surface area contributed by atoms with Gasteiger partial charge in [0, 0.05) is 23.0 Å². The van der Waals surface area contributed by atoms with Gasteiger partial charge in [-0.1, -0.05) is 31.4 Å². The van der Waals surface area contributed by atoms with E-state index in [0.29, 0.717) is 5.92 Å². The Morgan fingerprint density at radius 2 is 2.11 bits per heavy atom. The fourth-order valence-electron chi connectivity index (χ4n) is 3.61. The molecule has 0 bridgehead atoms. The van der Waals surface area contributed by atoms with Crippen molar-refractivity contribution < 1.29 is 4.74 Å². The van der Waals surface area contributed by atoms with Gasteiger partial charge in [-0.2, -0.15) is 0 Å². The van der Waals surface area contributed by atoms with Gasteiger partial charge in [0.1, 0.15) is 11.9 Å². The molecule has 0 radical (unpaired) electrons. The van der Waals surface area contributed by atoms with Gasteiger partial charge in [0.05, 0.1) is 0 Å². The fraction of sp³-hybridized carbons (Fsp3) is 0.625. The minimum absolute atomic E-state index is 0.0599. The van der Waals surface area contributed by atoms with E-state index in [2.05, 4.69) is 6.92 Å². The Morgan fingerprint density at radius 3 is 2.89 bits per heavy atom. The van der Waals surface area contributed by atoms with E-state index in [1.54, 1.807) is 0 Å². The summed E-state index contributed by atoms with van der Waals surface area (Å²) in [5.74, 6) is 2.43. The maximum atomic E-state index is 6.31. The van der Waals surface area contributed by atoms with Crippen LogP contribution in [0.1, 0.15) is 50.6 Å². The van der Waals surface area contributed by atoms with Crippen molar-refractivity contribution in [1.29, 1.82) is 0 Å². The van der Waals surface area contributed by atoms with Gasteiger partial charge in [0.15, 0.2) is 0 Å². The van der Waals surface area contributed by atoms with Crippen LogP contribution in [0.4, 0.5) is 0 Å². The maximum absolute atomic E-state index is 6.31. The van der Waals surface area contributed by atoms with Crippen molar-refractivity contribution >= 4 is 11.6 Å². The van der Waals surface area contributed by atoms with E-state index < -0.39 is 0 Å². The van der Waals surface area contributed by atoms with Crippen molar-refractivity contribution in [1.82, 2.24) is 0 Å². The molecule has 2 nitrogen and oxygen atoms in total. The predicted octanol–water partition coefficient (Wildman–Crippen LogP) is 4.32. The number of rotatable bonds is 1. The summed E-state index contributed by atoms with van der Waals surface area (Å²) in [5, 5.41) is 0.738. The second-order valence-electron chi connectivity index (χ2n) is 6.21. The average Bonchev–Trinajstić information content (AvgIpc) is 2.39. The summed E-state index contributed by atoms with van der Waals surface area (Å²) < 4.78 is 6.21. The molecule has 3 rings (SSSR count). The molecule has 1 saturated carbocycles. The van der Waals surface area contributed by atoms with Gasteiger partial charge in [-0.05, 0) is 42.9 Å². The van der Waals surface area contributed by atoms with Crippen LogP contribution in [0.25, 0.3) is 0 Å². The van der Waals surface area contributed by atoms with Crippen LogP contribution in [0.15, 0.2) is 18.2 Å². The topological polar surface area (TPSA) is 35.2 Å². The highest BCUT2D eigenvalue weighted by Crippen LogP contribution is 2.41. The monoisotopic (exact) mass is 279 g/mol. The van der Waals surface area contributed by atoms with Gasteiger partial charge in [-0.25, -0.2) is 0 Å². The van der Waals surface area contributed by atoms with Crippen molar-refractivity contribution in [2.45, 2.75) is 51.2 Å². The number of nitrogens with two attached hydrogens (primary N) is 1. The average molecular weight is 280 g/mol. The molecule has 2 N–H and O–H groups in total. The molecule has 1 aliphatic carbocycles. The summed E-state index contributed by atoms with van der Waals surface area (Å²) in [5.41, 5.74) is 7.37. The Balaban J connectivity index is 1.79. The van der Waals surface area contributed by atoms with E-state index in [4.69, 9.17) is 22.1 Å². The molecule has 1 aromatic rings. The molecule has 2 aliphatic rings. The molecule has 104 valence electrons. The first-order chi connectivity index (χ1) is 9.13. The van der Waals surface area contributed by atoms with Gasteiger partial charge in [-0.15, -0.1) is 0 Å². The highest BCUT2D eigenvalue weighted by atomic mass is 35.5. The zero-order valence-corrected chi connectivity index (χ0v) is 12.2. The third kappa shape index (κ3) is 2.75. The Labute approximate surface area is 120 Å². The lowest BCUT2D eigenvalue weighted by molar-refractivity contribution is 0.0666. The van der Waals surface area contributed by atoms with Gasteiger partial charge >= 0.3 is 0 Å². The van der Waals surface area contributed by atoms with E-state index in [-0.39, 0.29) is 12.1 Å². The van der Waals surface area contributed by atoms with Crippen molar-refractivity contribution in [2.75, 3.05) is 0 Å². The molecule has 3 unspecified atom stereocenters. The first-order valence-electron chi connectivity index (χ1n) is 7.35. The molecule has 1 aliphatic heterocycles.